The quantitative estimate of drug-likeness (QED) is 0.827. The lowest BCUT2D eigenvalue weighted by Gasteiger charge is -2.30. The molecule has 110 valence electrons. The predicted octanol–water partition coefficient (Wildman–Crippen LogP) is 2.66. The zero-order valence-electron chi connectivity index (χ0n) is 12.4. The van der Waals surface area contributed by atoms with Gasteiger partial charge in [-0.05, 0) is 77.2 Å². The Morgan fingerprint density at radius 2 is 1.89 bits per heavy atom. The molecule has 0 saturated heterocycles. The minimum atomic E-state index is -0.413. The molecule has 4 nitrogen and oxygen atoms in total. The second-order valence-corrected chi connectivity index (χ2v) is 7.15. The van der Waals surface area contributed by atoms with Gasteiger partial charge < -0.3 is 15.8 Å². The molecule has 2 fully saturated rings. The maximum Gasteiger partial charge on any atom is 0.407 e. The largest absolute Gasteiger partial charge is 0.444 e. The predicted molar refractivity (Wildman–Crippen MR) is 75.8 cm³/mol. The summed E-state index contributed by atoms with van der Waals surface area (Å²) in [7, 11) is 0. The summed E-state index contributed by atoms with van der Waals surface area (Å²) in [5, 5.41) is 2.99. The number of nitrogens with one attached hydrogen (secondary N) is 1. The van der Waals surface area contributed by atoms with Crippen molar-refractivity contribution >= 4 is 6.09 Å². The minimum Gasteiger partial charge on any atom is -0.444 e. The van der Waals surface area contributed by atoms with Gasteiger partial charge in [0.05, 0.1) is 0 Å². The van der Waals surface area contributed by atoms with Gasteiger partial charge in [-0.25, -0.2) is 4.79 Å². The van der Waals surface area contributed by atoms with Crippen LogP contribution in [-0.4, -0.2) is 24.3 Å². The van der Waals surface area contributed by atoms with Gasteiger partial charge in [-0.2, -0.15) is 0 Å². The summed E-state index contributed by atoms with van der Waals surface area (Å²) in [5.41, 5.74) is 5.30. The summed E-state index contributed by atoms with van der Waals surface area (Å²) in [6, 6.07) is 0.293. The van der Waals surface area contributed by atoms with Crippen molar-refractivity contribution in [3.63, 3.8) is 0 Å². The highest BCUT2D eigenvalue weighted by Crippen LogP contribution is 2.48. The number of carbonyl (C=O) groups is 1. The van der Waals surface area contributed by atoms with Crippen LogP contribution in [0.4, 0.5) is 4.79 Å². The van der Waals surface area contributed by atoms with Gasteiger partial charge in [-0.1, -0.05) is 0 Å². The van der Waals surface area contributed by atoms with Gasteiger partial charge >= 0.3 is 6.09 Å². The monoisotopic (exact) mass is 268 g/mol. The van der Waals surface area contributed by atoms with Crippen molar-refractivity contribution in [1.82, 2.24) is 5.32 Å². The number of rotatable bonds is 3. The molecule has 1 amide bonds. The lowest BCUT2D eigenvalue weighted by Crippen LogP contribution is -2.41. The third kappa shape index (κ3) is 4.37. The average Bonchev–Trinajstić information content (AvgIpc) is 3.06. The molecule has 2 saturated carbocycles. The van der Waals surface area contributed by atoms with Crippen LogP contribution in [0.15, 0.2) is 0 Å². The average molecular weight is 268 g/mol. The van der Waals surface area contributed by atoms with E-state index >= 15 is 0 Å². The fraction of sp³-hybridized carbons (Fsp3) is 0.933. The first kappa shape index (κ1) is 14.6. The highest BCUT2D eigenvalue weighted by molar-refractivity contribution is 5.68. The van der Waals surface area contributed by atoms with Gasteiger partial charge in [0.15, 0.2) is 0 Å². The number of ether oxygens (including phenoxy) is 1. The van der Waals surface area contributed by atoms with Gasteiger partial charge in [-0.15, -0.1) is 0 Å². The lowest BCUT2D eigenvalue weighted by molar-refractivity contribution is 0.0485. The van der Waals surface area contributed by atoms with E-state index in [9.17, 15) is 4.79 Å². The molecule has 2 unspecified atom stereocenters. The maximum absolute atomic E-state index is 11.7. The number of amides is 1. The number of hydrogen-bond donors (Lipinski definition) is 2. The molecule has 2 aliphatic carbocycles. The zero-order valence-corrected chi connectivity index (χ0v) is 12.4. The molecular weight excluding hydrogens is 240 g/mol. The molecule has 4 heteroatoms. The molecule has 0 aromatic heterocycles. The van der Waals surface area contributed by atoms with E-state index in [1.165, 1.54) is 19.3 Å². The Hall–Kier alpha value is -0.770. The minimum absolute atomic E-state index is 0.276. The molecule has 0 heterocycles. The van der Waals surface area contributed by atoms with Crippen LogP contribution in [-0.2, 0) is 4.74 Å². The Kier molecular flexibility index (Phi) is 4.39. The number of hydrogen-bond acceptors (Lipinski definition) is 3. The molecule has 2 rings (SSSR count). The fourth-order valence-corrected chi connectivity index (χ4v) is 3.29. The highest BCUT2D eigenvalue weighted by atomic mass is 16.6. The van der Waals surface area contributed by atoms with Gasteiger partial charge in [0.1, 0.15) is 5.60 Å². The molecule has 2 aliphatic rings. The van der Waals surface area contributed by atoms with Gasteiger partial charge in [0.2, 0.25) is 0 Å². The van der Waals surface area contributed by atoms with E-state index in [-0.39, 0.29) is 6.09 Å². The first-order valence-electron chi connectivity index (χ1n) is 7.58. The van der Waals surface area contributed by atoms with Crippen molar-refractivity contribution in [3.05, 3.63) is 0 Å². The number of alkyl carbamates (subject to hydrolysis) is 1. The summed E-state index contributed by atoms with van der Waals surface area (Å²) in [4.78, 5) is 11.7. The van der Waals surface area contributed by atoms with E-state index in [1.54, 1.807) is 0 Å². The Balaban J connectivity index is 1.68. The molecule has 0 aromatic carbocycles. The van der Waals surface area contributed by atoms with Crippen LogP contribution in [0.25, 0.3) is 0 Å². The summed E-state index contributed by atoms with van der Waals surface area (Å²) in [6.07, 6.45) is 5.66. The summed E-state index contributed by atoms with van der Waals surface area (Å²) in [5.74, 6) is 2.48. The van der Waals surface area contributed by atoms with Crippen LogP contribution < -0.4 is 11.1 Å². The van der Waals surface area contributed by atoms with Crippen LogP contribution in [0.1, 0.15) is 52.9 Å². The molecule has 19 heavy (non-hydrogen) atoms. The van der Waals surface area contributed by atoms with E-state index in [1.807, 2.05) is 20.8 Å². The smallest absolute Gasteiger partial charge is 0.407 e. The SMILES string of the molecule is CC(C)(C)OC(=O)NC1CCC(C2CC2CN)CC1. The van der Waals surface area contributed by atoms with Gasteiger partial charge in [0, 0.05) is 6.04 Å². The van der Waals surface area contributed by atoms with Crippen LogP contribution in [0.3, 0.4) is 0 Å². The molecule has 3 N–H and O–H groups in total. The lowest BCUT2D eigenvalue weighted by atomic mass is 9.82. The van der Waals surface area contributed by atoms with Crippen LogP contribution >= 0.6 is 0 Å². The topological polar surface area (TPSA) is 64.3 Å². The Bertz CT molecular complexity index is 317. The Labute approximate surface area is 116 Å². The molecule has 0 bridgehead atoms. The Morgan fingerprint density at radius 3 is 2.37 bits per heavy atom. The molecule has 0 aliphatic heterocycles. The van der Waals surface area contributed by atoms with Gasteiger partial charge in [-0.3, -0.25) is 0 Å². The van der Waals surface area contributed by atoms with E-state index < -0.39 is 5.60 Å². The summed E-state index contributed by atoms with van der Waals surface area (Å²) >= 11 is 0. The molecule has 2 atom stereocenters. The van der Waals surface area contributed by atoms with Crippen molar-refractivity contribution in [2.75, 3.05) is 6.54 Å². The second kappa shape index (κ2) is 5.70. The van der Waals surface area contributed by atoms with Crippen molar-refractivity contribution in [1.29, 1.82) is 0 Å². The number of nitrogens with two attached hydrogens (primary N) is 1. The van der Waals surface area contributed by atoms with Crippen molar-refractivity contribution < 1.29 is 9.53 Å². The van der Waals surface area contributed by atoms with Crippen molar-refractivity contribution in [2.24, 2.45) is 23.5 Å². The first-order valence-corrected chi connectivity index (χ1v) is 7.58. The van der Waals surface area contributed by atoms with E-state index in [0.29, 0.717) is 6.04 Å². The van der Waals surface area contributed by atoms with Gasteiger partial charge in [0.25, 0.3) is 0 Å². The van der Waals surface area contributed by atoms with E-state index in [4.69, 9.17) is 10.5 Å². The van der Waals surface area contributed by atoms with E-state index in [2.05, 4.69) is 5.32 Å². The molecule has 0 aromatic rings. The van der Waals surface area contributed by atoms with Crippen LogP contribution in [0.2, 0.25) is 0 Å². The van der Waals surface area contributed by atoms with Crippen LogP contribution in [0.5, 0.6) is 0 Å². The molecule has 0 radical (unpaired) electrons. The zero-order chi connectivity index (χ0) is 14.0. The second-order valence-electron chi connectivity index (χ2n) is 7.15. The van der Waals surface area contributed by atoms with Crippen molar-refractivity contribution in [3.8, 4) is 0 Å². The first-order chi connectivity index (χ1) is 8.89. The number of carbonyl (C=O) groups excluding carboxylic acids is 1. The third-order valence-electron chi connectivity index (χ3n) is 4.38. The van der Waals surface area contributed by atoms with Crippen LogP contribution in [0, 0.1) is 17.8 Å². The fourth-order valence-electron chi connectivity index (χ4n) is 3.29. The standard InChI is InChI=1S/C15H28N2O2/c1-15(2,3)19-14(18)17-12-6-4-10(5-7-12)13-8-11(13)9-16/h10-13H,4-9,16H2,1-3H3,(H,17,18). The molecule has 0 spiro atoms. The maximum atomic E-state index is 11.7. The molecular formula is C15H28N2O2. The summed E-state index contributed by atoms with van der Waals surface area (Å²) < 4.78 is 5.29. The Morgan fingerprint density at radius 1 is 1.26 bits per heavy atom. The summed E-state index contributed by atoms with van der Waals surface area (Å²) in [6.45, 7) is 6.53. The van der Waals surface area contributed by atoms with E-state index in [0.717, 1.165) is 37.1 Å². The highest BCUT2D eigenvalue weighted by Gasteiger charge is 2.42. The normalized spacial score (nSPS) is 34.7. The van der Waals surface area contributed by atoms with Crippen molar-refractivity contribution in [2.45, 2.75) is 64.5 Å². The third-order valence-corrected chi connectivity index (χ3v) is 4.38.